The molecular formula is C22H19BrF2N2O4. The Balaban J connectivity index is 1.70. The summed E-state index contributed by atoms with van der Waals surface area (Å²) in [6.07, 6.45) is 1.90. The lowest BCUT2D eigenvalue weighted by Crippen LogP contribution is -2.25. The summed E-state index contributed by atoms with van der Waals surface area (Å²) in [4.78, 5) is 36.1. The Morgan fingerprint density at radius 2 is 1.77 bits per heavy atom. The van der Waals surface area contributed by atoms with E-state index in [1.165, 1.54) is 10.7 Å². The molecule has 0 aliphatic heterocycles. The number of carbonyl (C=O) groups excluding carboxylic acids is 2. The Morgan fingerprint density at radius 1 is 1.06 bits per heavy atom. The SMILES string of the molecule is COC(=O)c1c(F)cc(CCn2c(=O)ccn2CCC(=O)c2cccc(Br)c2)cc1F. The number of ether oxygens (including phenoxy) is 1. The third-order valence-corrected chi connectivity index (χ3v) is 5.27. The highest BCUT2D eigenvalue weighted by Crippen LogP contribution is 2.17. The van der Waals surface area contributed by atoms with Crippen molar-refractivity contribution < 1.29 is 23.1 Å². The van der Waals surface area contributed by atoms with Crippen LogP contribution in [0.1, 0.15) is 32.7 Å². The Morgan fingerprint density at radius 3 is 2.42 bits per heavy atom. The molecule has 2 aromatic carbocycles. The van der Waals surface area contributed by atoms with Crippen molar-refractivity contribution in [1.29, 1.82) is 0 Å². The average molecular weight is 493 g/mol. The van der Waals surface area contributed by atoms with Gasteiger partial charge in [0.15, 0.2) is 5.78 Å². The predicted molar refractivity (Wildman–Crippen MR) is 113 cm³/mol. The van der Waals surface area contributed by atoms with Crippen LogP contribution in [0.25, 0.3) is 0 Å². The summed E-state index contributed by atoms with van der Waals surface area (Å²) >= 11 is 3.33. The zero-order valence-corrected chi connectivity index (χ0v) is 18.2. The molecule has 0 amide bonds. The Hall–Kier alpha value is -3.07. The first kappa shape index (κ1) is 22.6. The maximum absolute atomic E-state index is 14.1. The summed E-state index contributed by atoms with van der Waals surface area (Å²) in [5, 5.41) is 0. The summed E-state index contributed by atoms with van der Waals surface area (Å²) < 4.78 is 36.4. The van der Waals surface area contributed by atoms with E-state index in [1.54, 1.807) is 29.1 Å². The second-order valence-corrected chi connectivity index (χ2v) is 7.72. The molecule has 0 saturated heterocycles. The van der Waals surface area contributed by atoms with Gasteiger partial charge in [0.25, 0.3) is 5.56 Å². The minimum Gasteiger partial charge on any atom is -0.465 e. The van der Waals surface area contributed by atoms with E-state index in [9.17, 15) is 23.2 Å². The number of hydrogen-bond donors (Lipinski definition) is 0. The predicted octanol–water partition coefficient (Wildman–Crippen LogP) is 3.99. The van der Waals surface area contributed by atoms with Gasteiger partial charge in [-0.05, 0) is 36.2 Å². The number of Topliss-reactive ketones (excluding diaryl/α,β-unsaturated/α-hetero) is 1. The van der Waals surface area contributed by atoms with E-state index >= 15 is 0 Å². The van der Waals surface area contributed by atoms with E-state index < -0.39 is 23.2 Å². The van der Waals surface area contributed by atoms with Crippen molar-refractivity contribution in [1.82, 2.24) is 9.36 Å². The van der Waals surface area contributed by atoms with Crippen molar-refractivity contribution in [2.45, 2.75) is 25.9 Å². The number of aromatic nitrogens is 2. The average Bonchev–Trinajstić information content (AvgIpc) is 3.09. The van der Waals surface area contributed by atoms with E-state index in [2.05, 4.69) is 20.7 Å². The molecule has 6 nitrogen and oxygen atoms in total. The van der Waals surface area contributed by atoms with Crippen molar-refractivity contribution in [3.63, 3.8) is 0 Å². The lowest BCUT2D eigenvalue weighted by molar-refractivity contribution is 0.0589. The first-order valence-corrected chi connectivity index (χ1v) is 10.2. The Kier molecular flexibility index (Phi) is 7.17. The summed E-state index contributed by atoms with van der Waals surface area (Å²) in [7, 11) is 1.04. The van der Waals surface area contributed by atoms with Crippen LogP contribution in [0.4, 0.5) is 8.78 Å². The van der Waals surface area contributed by atoms with Crippen LogP contribution in [0.3, 0.4) is 0 Å². The molecule has 0 radical (unpaired) electrons. The van der Waals surface area contributed by atoms with Crippen LogP contribution >= 0.6 is 15.9 Å². The largest absolute Gasteiger partial charge is 0.465 e. The third kappa shape index (κ3) is 5.35. The molecule has 0 N–H and O–H groups in total. The zero-order valence-electron chi connectivity index (χ0n) is 16.6. The summed E-state index contributed by atoms with van der Waals surface area (Å²) in [6, 6.07) is 10.5. The number of nitrogens with zero attached hydrogens (tertiary/aromatic N) is 2. The van der Waals surface area contributed by atoms with Crippen LogP contribution in [0.5, 0.6) is 0 Å². The minimum absolute atomic E-state index is 0.0726. The third-order valence-electron chi connectivity index (χ3n) is 4.77. The van der Waals surface area contributed by atoms with Crippen LogP contribution in [0.2, 0.25) is 0 Å². The first-order chi connectivity index (χ1) is 14.8. The molecule has 0 spiro atoms. The normalized spacial score (nSPS) is 10.8. The van der Waals surface area contributed by atoms with Crippen molar-refractivity contribution >= 4 is 27.7 Å². The Labute approximate surface area is 185 Å². The van der Waals surface area contributed by atoms with E-state index in [-0.39, 0.29) is 42.8 Å². The molecular weight excluding hydrogens is 474 g/mol. The number of ketones is 1. The van der Waals surface area contributed by atoms with Crippen LogP contribution in [0, 0.1) is 11.6 Å². The molecule has 0 saturated carbocycles. The number of benzene rings is 2. The number of hydrogen-bond acceptors (Lipinski definition) is 4. The van der Waals surface area contributed by atoms with Gasteiger partial charge in [-0.3, -0.25) is 19.0 Å². The van der Waals surface area contributed by atoms with Gasteiger partial charge in [-0.1, -0.05) is 28.1 Å². The monoisotopic (exact) mass is 492 g/mol. The van der Waals surface area contributed by atoms with Crippen LogP contribution in [-0.2, 0) is 24.2 Å². The molecule has 3 rings (SSSR count). The zero-order chi connectivity index (χ0) is 22.5. The maximum Gasteiger partial charge on any atom is 0.343 e. The molecule has 0 aliphatic rings. The second kappa shape index (κ2) is 9.82. The topological polar surface area (TPSA) is 70.3 Å². The molecule has 1 heterocycles. The Bertz CT molecular complexity index is 1160. The smallest absolute Gasteiger partial charge is 0.343 e. The number of methoxy groups -OCH3 is 1. The highest BCUT2D eigenvalue weighted by molar-refractivity contribution is 9.10. The maximum atomic E-state index is 14.1. The molecule has 0 bridgehead atoms. The van der Waals surface area contributed by atoms with Gasteiger partial charge >= 0.3 is 5.97 Å². The summed E-state index contributed by atoms with van der Waals surface area (Å²) in [6.45, 7) is 0.422. The van der Waals surface area contributed by atoms with Gasteiger partial charge in [0.05, 0.1) is 7.11 Å². The van der Waals surface area contributed by atoms with Gasteiger partial charge in [-0.25, -0.2) is 13.6 Å². The molecule has 9 heteroatoms. The quantitative estimate of drug-likeness (QED) is 0.352. The molecule has 3 aromatic rings. The molecule has 0 fully saturated rings. The van der Waals surface area contributed by atoms with Gasteiger partial charge in [0.1, 0.15) is 17.2 Å². The summed E-state index contributed by atoms with van der Waals surface area (Å²) in [5.74, 6) is -3.22. The van der Waals surface area contributed by atoms with Crippen molar-refractivity contribution in [2.24, 2.45) is 0 Å². The lowest BCUT2D eigenvalue weighted by atomic mass is 10.1. The molecule has 31 heavy (non-hydrogen) atoms. The van der Waals surface area contributed by atoms with Gasteiger partial charge < -0.3 is 4.74 Å². The minimum atomic E-state index is -1.10. The summed E-state index contributed by atoms with van der Waals surface area (Å²) in [5.41, 5.74) is -0.195. The number of carbonyl (C=O) groups is 2. The van der Waals surface area contributed by atoms with E-state index in [0.29, 0.717) is 5.56 Å². The molecule has 1 aromatic heterocycles. The number of halogens is 3. The number of aryl methyl sites for hydroxylation is 2. The highest BCUT2D eigenvalue weighted by atomic mass is 79.9. The molecule has 0 atom stereocenters. The fourth-order valence-corrected chi connectivity index (χ4v) is 3.60. The fourth-order valence-electron chi connectivity index (χ4n) is 3.20. The molecule has 0 aliphatic carbocycles. The van der Waals surface area contributed by atoms with Crippen LogP contribution in [0.15, 0.2) is 57.9 Å². The van der Waals surface area contributed by atoms with E-state index in [1.807, 2.05) is 6.07 Å². The first-order valence-electron chi connectivity index (χ1n) is 9.41. The standard InChI is InChI=1S/C22H19BrF2N2O4/c1-31-22(30)21-17(24)11-14(12-18(21)25)5-10-27-20(29)7-9-26(27)8-6-19(28)15-3-2-4-16(23)13-15/h2-4,7,9,11-13H,5-6,8,10H2,1H3. The van der Waals surface area contributed by atoms with Gasteiger partial charge in [-0.15, -0.1) is 0 Å². The van der Waals surface area contributed by atoms with Gasteiger partial charge in [-0.2, -0.15) is 0 Å². The van der Waals surface area contributed by atoms with Crippen molar-refractivity contribution in [3.05, 3.63) is 91.8 Å². The van der Waals surface area contributed by atoms with Gasteiger partial charge in [0.2, 0.25) is 0 Å². The van der Waals surface area contributed by atoms with Crippen molar-refractivity contribution in [2.75, 3.05) is 7.11 Å². The molecule has 162 valence electrons. The number of rotatable bonds is 8. The van der Waals surface area contributed by atoms with Crippen LogP contribution < -0.4 is 5.56 Å². The fraction of sp³-hybridized carbons (Fsp3) is 0.227. The van der Waals surface area contributed by atoms with E-state index in [4.69, 9.17) is 0 Å². The van der Waals surface area contributed by atoms with Crippen molar-refractivity contribution in [3.8, 4) is 0 Å². The molecule has 0 unspecified atom stereocenters. The number of esters is 1. The van der Waals surface area contributed by atoms with Crippen LogP contribution in [-0.4, -0.2) is 28.2 Å². The highest BCUT2D eigenvalue weighted by Gasteiger charge is 2.19. The van der Waals surface area contributed by atoms with Gasteiger partial charge in [0, 0.05) is 41.8 Å². The second-order valence-electron chi connectivity index (χ2n) is 6.80. The lowest BCUT2D eigenvalue weighted by Gasteiger charge is -2.12. The van der Waals surface area contributed by atoms with E-state index in [0.717, 1.165) is 23.7 Å².